The van der Waals surface area contributed by atoms with Gasteiger partial charge in [-0.1, -0.05) is 81.7 Å². The van der Waals surface area contributed by atoms with Crippen LogP contribution in [0.1, 0.15) is 87.3 Å². The molecule has 1 amide bonds. The summed E-state index contributed by atoms with van der Waals surface area (Å²) in [5.41, 5.74) is 4.09. The molecule has 2 N–H and O–H groups in total. The quantitative estimate of drug-likeness (QED) is 0.167. The Hall–Kier alpha value is -4.06. The highest BCUT2D eigenvalue weighted by Gasteiger charge is 2.21. The van der Waals surface area contributed by atoms with E-state index in [4.69, 9.17) is 4.74 Å². The van der Waals surface area contributed by atoms with Crippen molar-refractivity contribution in [2.75, 3.05) is 6.61 Å². The zero-order valence-corrected chi connectivity index (χ0v) is 25.4. The van der Waals surface area contributed by atoms with E-state index in [1.807, 2.05) is 73.1 Å². The van der Waals surface area contributed by atoms with Gasteiger partial charge in [0.05, 0.1) is 11.1 Å². The van der Waals surface area contributed by atoms with Gasteiger partial charge < -0.3 is 19.7 Å². The van der Waals surface area contributed by atoms with Crippen LogP contribution in [0, 0.1) is 0 Å². The molecule has 0 aliphatic heterocycles. The second-order valence-corrected chi connectivity index (χ2v) is 10.8. The van der Waals surface area contributed by atoms with Crippen LogP contribution in [0.3, 0.4) is 0 Å². The van der Waals surface area contributed by atoms with E-state index in [-0.39, 0.29) is 24.1 Å². The van der Waals surface area contributed by atoms with E-state index in [1.165, 1.54) is 6.42 Å². The van der Waals surface area contributed by atoms with Gasteiger partial charge in [0.2, 0.25) is 5.91 Å². The first kappa shape index (κ1) is 32.5. The maximum absolute atomic E-state index is 13.3. The van der Waals surface area contributed by atoms with Crippen LogP contribution in [-0.2, 0) is 22.5 Å². The lowest BCUT2D eigenvalue weighted by molar-refractivity contribution is -0.122. The fourth-order valence-electron chi connectivity index (χ4n) is 5.31. The highest BCUT2D eigenvalue weighted by atomic mass is 16.5. The Bertz CT molecular complexity index is 1380. The predicted molar refractivity (Wildman–Crippen MR) is 174 cm³/mol. The summed E-state index contributed by atoms with van der Waals surface area (Å²) in [6.45, 7) is 10.4. The van der Waals surface area contributed by atoms with Crippen molar-refractivity contribution < 1.29 is 19.4 Å². The van der Waals surface area contributed by atoms with E-state index in [0.29, 0.717) is 6.61 Å². The van der Waals surface area contributed by atoms with Crippen molar-refractivity contribution in [3.8, 4) is 0 Å². The van der Waals surface area contributed by atoms with Gasteiger partial charge in [0.25, 0.3) is 0 Å². The fraction of sp³-hybridized carbons (Fsp3) is 0.389. The molecule has 2 aromatic rings. The molecule has 0 bridgehead atoms. The third kappa shape index (κ3) is 9.51. The van der Waals surface area contributed by atoms with Crippen molar-refractivity contribution >= 4 is 28.9 Å². The van der Waals surface area contributed by atoms with Crippen LogP contribution < -0.4 is 5.32 Å². The summed E-state index contributed by atoms with van der Waals surface area (Å²) in [5, 5.41) is 13.9. The average molecular weight is 571 g/mol. The van der Waals surface area contributed by atoms with Gasteiger partial charge in [-0.25, -0.2) is 4.79 Å². The molecule has 1 aromatic heterocycles. The summed E-state index contributed by atoms with van der Waals surface area (Å²) >= 11 is 0. The second kappa shape index (κ2) is 17.0. The number of aromatic carboxylic acids is 1. The molecule has 224 valence electrons. The van der Waals surface area contributed by atoms with Crippen LogP contribution >= 0.6 is 0 Å². The number of nitrogens with zero attached hydrogens (tertiary/aromatic N) is 1. The Morgan fingerprint density at radius 1 is 1.14 bits per heavy atom. The number of aromatic nitrogens is 1. The molecule has 0 unspecified atom stereocenters. The lowest BCUT2D eigenvalue weighted by Crippen LogP contribution is -2.38. The summed E-state index contributed by atoms with van der Waals surface area (Å²) < 4.78 is 8.02. The number of benzene rings is 1. The van der Waals surface area contributed by atoms with E-state index >= 15 is 0 Å². The number of ether oxygens (including phenoxy) is 1. The molecule has 0 spiro atoms. The smallest absolute Gasteiger partial charge is 0.335 e. The molecule has 1 saturated carbocycles. The van der Waals surface area contributed by atoms with Crippen molar-refractivity contribution in [2.24, 2.45) is 0 Å². The topological polar surface area (TPSA) is 80.6 Å². The summed E-state index contributed by atoms with van der Waals surface area (Å²) in [6.07, 6.45) is 25.6. The number of hydrogen-bond donors (Lipinski definition) is 2. The standard InChI is InChI=1S/C36H46N2O4/c1-5-8-11-16-27(4)26-42-30(15-7-3)19-14-21-33-31(20-9-6-2)32-23-22-28(36(40)41)24-34(32)38(33)25-35(39)37-29-17-12-10-13-18-29/h5,7-8,11,14-16,19,21-24,29H,1,6,9-10,12-13,17-18,20,25-26H2,2-4H3,(H,37,39)(H,40,41)/b11-8-,15-7-,21-14+,27-16+,30-19+. The number of carboxylic acid groups (broad SMARTS) is 1. The minimum absolute atomic E-state index is 0.0440. The third-order valence-electron chi connectivity index (χ3n) is 7.45. The molecule has 1 aromatic carbocycles. The van der Waals surface area contributed by atoms with Crippen LogP contribution in [0.15, 0.2) is 84.7 Å². The van der Waals surface area contributed by atoms with Gasteiger partial charge >= 0.3 is 5.97 Å². The molecule has 1 aliphatic carbocycles. The van der Waals surface area contributed by atoms with Gasteiger partial charge in [0.1, 0.15) is 18.9 Å². The first-order valence-corrected chi connectivity index (χ1v) is 15.1. The molecule has 6 nitrogen and oxygen atoms in total. The van der Waals surface area contributed by atoms with Crippen molar-refractivity contribution in [3.63, 3.8) is 0 Å². The minimum Gasteiger partial charge on any atom is -0.489 e. The zero-order chi connectivity index (χ0) is 30.3. The lowest BCUT2D eigenvalue weighted by Gasteiger charge is -2.23. The molecule has 0 radical (unpaired) electrons. The van der Waals surface area contributed by atoms with Gasteiger partial charge in [-0.3, -0.25) is 4.79 Å². The molecular formula is C36H46N2O4. The van der Waals surface area contributed by atoms with E-state index < -0.39 is 5.97 Å². The summed E-state index contributed by atoms with van der Waals surface area (Å²) in [5.74, 6) is -0.309. The first-order chi connectivity index (χ1) is 20.4. The lowest BCUT2D eigenvalue weighted by atomic mass is 9.95. The van der Waals surface area contributed by atoms with E-state index in [2.05, 4.69) is 18.8 Å². The monoisotopic (exact) mass is 570 g/mol. The summed E-state index contributed by atoms with van der Waals surface area (Å²) in [7, 11) is 0. The number of aryl methyl sites for hydroxylation is 1. The highest BCUT2D eigenvalue weighted by molar-refractivity contribution is 5.97. The fourth-order valence-corrected chi connectivity index (χ4v) is 5.31. The Morgan fingerprint density at radius 2 is 1.93 bits per heavy atom. The number of carbonyl (C=O) groups is 2. The van der Waals surface area contributed by atoms with Crippen LogP contribution in [0.2, 0.25) is 0 Å². The van der Waals surface area contributed by atoms with E-state index in [0.717, 1.165) is 78.4 Å². The van der Waals surface area contributed by atoms with E-state index in [1.54, 1.807) is 18.2 Å². The first-order valence-electron chi connectivity index (χ1n) is 15.1. The molecule has 1 fully saturated rings. The molecular weight excluding hydrogens is 524 g/mol. The van der Waals surface area contributed by atoms with Gasteiger partial charge in [-0.15, -0.1) is 0 Å². The Morgan fingerprint density at radius 3 is 2.62 bits per heavy atom. The van der Waals surface area contributed by atoms with Crippen LogP contribution in [0.5, 0.6) is 0 Å². The van der Waals surface area contributed by atoms with Crippen LogP contribution in [0.4, 0.5) is 0 Å². The maximum atomic E-state index is 13.3. The molecule has 6 heteroatoms. The minimum atomic E-state index is -0.982. The third-order valence-corrected chi connectivity index (χ3v) is 7.45. The van der Waals surface area contributed by atoms with E-state index in [9.17, 15) is 14.7 Å². The Kier molecular flexibility index (Phi) is 13.2. The number of amides is 1. The van der Waals surface area contributed by atoms with Gasteiger partial charge in [0, 0.05) is 17.1 Å². The SMILES string of the molecule is C=C/C=C\C=C(/C)COC(/C=C\C)=C/C=C/c1c(CCCC)c2ccc(C(=O)O)cc2n1CC(=O)NC1CCCCC1. The number of nitrogens with one attached hydrogen (secondary N) is 1. The van der Waals surface area contributed by atoms with Gasteiger partial charge in [-0.2, -0.15) is 0 Å². The summed E-state index contributed by atoms with van der Waals surface area (Å²) in [6, 6.07) is 5.43. The second-order valence-electron chi connectivity index (χ2n) is 10.8. The highest BCUT2D eigenvalue weighted by Crippen LogP contribution is 2.30. The predicted octanol–water partition coefficient (Wildman–Crippen LogP) is 8.31. The Labute approximate surface area is 250 Å². The summed E-state index contributed by atoms with van der Waals surface area (Å²) in [4.78, 5) is 25.2. The van der Waals surface area contributed by atoms with Crippen LogP contribution in [-0.4, -0.2) is 34.2 Å². The van der Waals surface area contributed by atoms with Crippen molar-refractivity contribution in [2.45, 2.75) is 84.7 Å². The van der Waals surface area contributed by atoms with Gasteiger partial charge in [-0.05, 0) is 81.0 Å². The molecule has 3 rings (SSSR count). The largest absolute Gasteiger partial charge is 0.489 e. The average Bonchev–Trinajstić information content (AvgIpc) is 3.26. The normalized spacial score (nSPS) is 15.3. The van der Waals surface area contributed by atoms with Crippen LogP contribution in [0.25, 0.3) is 17.0 Å². The zero-order valence-electron chi connectivity index (χ0n) is 25.4. The number of rotatable bonds is 15. The van der Waals surface area contributed by atoms with Crippen molar-refractivity contribution in [3.05, 3.63) is 102 Å². The molecule has 1 aliphatic rings. The van der Waals surface area contributed by atoms with Crippen molar-refractivity contribution in [1.29, 1.82) is 0 Å². The number of fused-ring (bicyclic) bond motifs is 1. The maximum Gasteiger partial charge on any atom is 0.335 e. The molecule has 0 saturated heterocycles. The molecule has 1 heterocycles. The Balaban J connectivity index is 2.00. The molecule has 42 heavy (non-hydrogen) atoms. The number of hydrogen-bond acceptors (Lipinski definition) is 3. The number of allylic oxidation sites excluding steroid dienone is 8. The number of carboxylic acids is 1. The van der Waals surface area contributed by atoms with Gasteiger partial charge in [0.15, 0.2) is 0 Å². The number of unbranched alkanes of at least 4 members (excludes halogenated alkanes) is 1. The number of carbonyl (C=O) groups excluding carboxylic acids is 1. The van der Waals surface area contributed by atoms with Crippen molar-refractivity contribution in [1.82, 2.24) is 9.88 Å². The molecule has 0 atom stereocenters.